The normalized spacial score (nSPS) is 16.2. The Morgan fingerprint density at radius 2 is 1.62 bits per heavy atom. The summed E-state index contributed by atoms with van der Waals surface area (Å²) in [5, 5.41) is 0.382. The summed E-state index contributed by atoms with van der Waals surface area (Å²) in [5.74, 6) is -3.71. The SMILES string of the molecule is CC1(C)OB(c2cnc3c(c2)c(C(=O)c2ccc(F)c(N)c2F)cn3C(=O)c2c(Cl)cccc2Cl)OC1(C)C. The van der Waals surface area contributed by atoms with Gasteiger partial charge in [-0.1, -0.05) is 29.3 Å². The van der Waals surface area contributed by atoms with Crippen molar-refractivity contribution in [2.45, 2.75) is 38.9 Å². The van der Waals surface area contributed by atoms with Crippen molar-refractivity contribution in [2.75, 3.05) is 5.73 Å². The van der Waals surface area contributed by atoms with Gasteiger partial charge in [0.1, 0.15) is 17.2 Å². The first-order valence-electron chi connectivity index (χ1n) is 11.9. The fraction of sp³-hybridized carbons (Fsp3) is 0.222. The van der Waals surface area contributed by atoms with Crippen LogP contribution in [0.5, 0.6) is 0 Å². The van der Waals surface area contributed by atoms with E-state index >= 15 is 0 Å². The molecule has 1 saturated heterocycles. The summed E-state index contributed by atoms with van der Waals surface area (Å²) in [5.41, 5.74) is 3.38. The topological polar surface area (TPSA) is 96.4 Å². The number of fused-ring (bicyclic) bond motifs is 1. The molecule has 0 spiro atoms. The Labute approximate surface area is 232 Å². The molecule has 2 N–H and O–H groups in total. The van der Waals surface area contributed by atoms with E-state index in [-0.39, 0.29) is 32.2 Å². The molecule has 7 nitrogen and oxygen atoms in total. The number of benzene rings is 2. The number of halogens is 4. The van der Waals surface area contributed by atoms with E-state index < -0.39 is 52.9 Å². The Balaban J connectivity index is 1.71. The average Bonchev–Trinajstić information content (AvgIpc) is 3.35. The van der Waals surface area contributed by atoms with Gasteiger partial charge in [-0.25, -0.2) is 13.8 Å². The van der Waals surface area contributed by atoms with Crippen LogP contribution in [0.15, 0.2) is 48.8 Å². The number of anilines is 1. The number of rotatable bonds is 4. The van der Waals surface area contributed by atoms with Crippen molar-refractivity contribution < 1.29 is 27.7 Å². The second-order valence-corrected chi connectivity index (χ2v) is 11.0. The molecule has 39 heavy (non-hydrogen) atoms. The second kappa shape index (κ2) is 9.41. The Kier molecular flexibility index (Phi) is 6.58. The third kappa shape index (κ3) is 4.41. The number of carbonyl (C=O) groups excluding carboxylic acids is 2. The molecule has 0 unspecified atom stereocenters. The molecule has 1 aliphatic rings. The molecule has 0 bridgehead atoms. The largest absolute Gasteiger partial charge is 0.496 e. The van der Waals surface area contributed by atoms with Crippen molar-refractivity contribution in [3.8, 4) is 0 Å². The van der Waals surface area contributed by atoms with Crippen LogP contribution in [0.2, 0.25) is 10.0 Å². The zero-order valence-electron chi connectivity index (χ0n) is 21.3. The van der Waals surface area contributed by atoms with Crippen LogP contribution in [0.4, 0.5) is 14.5 Å². The molecule has 3 heterocycles. The van der Waals surface area contributed by atoms with E-state index in [9.17, 15) is 18.4 Å². The van der Waals surface area contributed by atoms with Gasteiger partial charge < -0.3 is 15.0 Å². The summed E-state index contributed by atoms with van der Waals surface area (Å²) < 4.78 is 42.0. The van der Waals surface area contributed by atoms with Gasteiger partial charge in [-0.05, 0) is 58.0 Å². The van der Waals surface area contributed by atoms with Gasteiger partial charge >= 0.3 is 7.12 Å². The van der Waals surface area contributed by atoms with Crippen molar-refractivity contribution in [3.05, 3.63) is 87.2 Å². The Morgan fingerprint density at radius 1 is 1.00 bits per heavy atom. The summed E-state index contributed by atoms with van der Waals surface area (Å²) in [6.45, 7) is 7.55. The molecule has 200 valence electrons. The first-order chi connectivity index (χ1) is 18.2. The minimum atomic E-state index is -1.21. The van der Waals surface area contributed by atoms with Crippen LogP contribution in [0.25, 0.3) is 11.0 Å². The summed E-state index contributed by atoms with van der Waals surface area (Å²) in [4.78, 5) is 31.6. The number of pyridine rings is 1. The first kappa shape index (κ1) is 27.3. The molecule has 0 aliphatic carbocycles. The third-order valence-corrected chi connectivity index (χ3v) is 7.83. The van der Waals surface area contributed by atoms with Crippen molar-refractivity contribution >= 4 is 64.2 Å². The summed E-state index contributed by atoms with van der Waals surface area (Å²) in [7, 11) is -0.829. The molecule has 0 atom stereocenters. The van der Waals surface area contributed by atoms with Crippen molar-refractivity contribution in [1.29, 1.82) is 0 Å². The van der Waals surface area contributed by atoms with Crippen LogP contribution in [-0.4, -0.2) is 39.6 Å². The molecule has 2 aromatic carbocycles. The molecule has 12 heteroatoms. The highest BCUT2D eigenvalue weighted by Gasteiger charge is 2.52. The minimum absolute atomic E-state index is 0.00854. The van der Waals surface area contributed by atoms with Crippen LogP contribution in [0.3, 0.4) is 0 Å². The number of nitrogens with zero attached hydrogens (tertiary/aromatic N) is 2. The van der Waals surface area contributed by atoms with Gasteiger partial charge in [0.15, 0.2) is 11.6 Å². The van der Waals surface area contributed by atoms with E-state index in [0.717, 1.165) is 16.7 Å². The monoisotopic (exact) mass is 571 g/mol. The minimum Gasteiger partial charge on any atom is -0.399 e. The van der Waals surface area contributed by atoms with Gasteiger partial charge in [0.2, 0.25) is 0 Å². The van der Waals surface area contributed by atoms with Crippen molar-refractivity contribution in [1.82, 2.24) is 9.55 Å². The number of aromatic nitrogens is 2. The highest BCUT2D eigenvalue weighted by molar-refractivity contribution is 6.62. The highest BCUT2D eigenvalue weighted by atomic mass is 35.5. The van der Waals surface area contributed by atoms with Gasteiger partial charge in [0, 0.05) is 23.2 Å². The van der Waals surface area contributed by atoms with Crippen molar-refractivity contribution in [2.24, 2.45) is 0 Å². The summed E-state index contributed by atoms with van der Waals surface area (Å²) >= 11 is 12.5. The lowest BCUT2D eigenvalue weighted by molar-refractivity contribution is 0.00578. The summed E-state index contributed by atoms with van der Waals surface area (Å²) in [6.07, 6.45) is 2.68. The maximum atomic E-state index is 14.9. The predicted octanol–water partition coefficient (Wildman–Crippen LogP) is 5.42. The van der Waals surface area contributed by atoms with E-state index in [0.29, 0.717) is 5.46 Å². The number of hydrogen-bond acceptors (Lipinski definition) is 6. The summed E-state index contributed by atoms with van der Waals surface area (Å²) in [6, 6.07) is 8.05. The molecule has 0 radical (unpaired) electrons. The zero-order chi connectivity index (χ0) is 28.4. The molecule has 1 aliphatic heterocycles. The average molecular weight is 572 g/mol. The standard InChI is InChI=1S/C27H22BCl2F2N3O4/c1-26(2)27(3,4)39-28(38-26)13-10-15-16(23(36)14-8-9-19(31)22(33)21(14)32)12-35(24(15)34-11-13)25(37)20-17(29)6-5-7-18(20)30/h5-12H,33H2,1-4H3. The number of carbonyl (C=O) groups is 2. The lowest BCUT2D eigenvalue weighted by Crippen LogP contribution is -2.41. The van der Waals surface area contributed by atoms with E-state index in [2.05, 4.69) is 4.98 Å². The van der Waals surface area contributed by atoms with Gasteiger partial charge in [0.05, 0.1) is 37.9 Å². The quantitative estimate of drug-likeness (QED) is 0.199. The predicted molar refractivity (Wildman–Crippen MR) is 146 cm³/mol. The fourth-order valence-electron chi connectivity index (χ4n) is 4.28. The molecular formula is C27H22BCl2F2N3O4. The van der Waals surface area contributed by atoms with Gasteiger partial charge in [0.25, 0.3) is 5.91 Å². The molecule has 2 aromatic heterocycles. The van der Waals surface area contributed by atoms with Gasteiger partial charge in [-0.3, -0.25) is 14.2 Å². The lowest BCUT2D eigenvalue weighted by atomic mass is 9.79. The Hall–Kier alpha value is -3.31. The zero-order valence-corrected chi connectivity index (χ0v) is 22.8. The van der Waals surface area contributed by atoms with Crippen LogP contribution in [0, 0.1) is 11.6 Å². The third-order valence-electron chi connectivity index (χ3n) is 7.20. The maximum absolute atomic E-state index is 14.9. The molecule has 5 rings (SSSR count). The van der Waals surface area contributed by atoms with Gasteiger partial charge in [-0.2, -0.15) is 0 Å². The molecule has 4 aromatic rings. The molecular weight excluding hydrogens is 550 g/mol. The molecule has 0 amide bonds. The van der Waals surface area contributed by atoms with E-state index in [1.165, 1.54) is 24.5 Å². The van der Waals surface area contributed by atoms with E-state index in [1.54, 1.807) is 12.1 Å². The first-order valence-corrected chi connectivity index (χ1v) is 12.6. The Bertz CT molecular complexity index is 1650. The highest BCUT2D eigenvalue weighted by Crippen LogP contribution is 2.37. The van der Waals surface area contributed by atoms with E-state index in [4.69, 9.17) is 38.2 Å². The second-order valence-electron chi connectivity index (χ2n) is 10.2. The molecule has 0 saturated carbocycles. The smallest absolute Gasteiger partial charge is 0.399 e. The van der Waals surface area contributed by atoms with E-state index in [1.807, 2.05) is 27.7 Å². The molecule has 1 fully saturated rings. The number of ketones is 1. The van der Waals surface area contributed by atoms with Crippen molar-refractivity contribution in [3.63, 3.8) is 0 Å². The lowest BCUT2D eigenvalue weighted by Gasteiger charge is -2.32. The Morgan fingerprint density at radius 3 is 2.23 bits per heavy atom. The van der Waals surface area contributed by atoms with Crippen LogP contribution in [-0.2, 0) is 9.31 Å². The van der Waals surface area contributed by atoms with Crippen LogP contribution >= 0.6 is 23.2 Å². The number of hydrogen-bond donors (Lipinski definition) is 1. The fourth-order valence-corrected chi connectivity index (χ4v) is 4.84. The van der Waals surface area contributed by atoms with Gasteiger partial charge in [-0.15, -0.1) is 0 Å². The number of nitrogens with two attached hydrogens (primary N) is 1. The number of nitrogen functional groups attached to an aromatic ring is 1. The maximum Gasteiger partial charge on any atom is 0.496 e. The van der Waals surface area contributed by atoms with Crippen LogP contribution in [0.1, 0.15) is 54.0 Å². The van der Waals surface area contributed by atoms with Crippen LogP contribution < -0.4 is 11.2 Å².